The second-order valence-corrected chi connectivity index (χ2v) is 8.51. The fourth-order valence-corrected chi connectivity index (χ4v) is 4.39. The monoisotopic (exact) mass is 489 g/mol. The van der Waals surface area contributed by atoms with Gasteiger partial charge in [-0.3, -0.25) is 14.6 Å². The van der Waals surface area contributed by atoms with E-state index in [1.54, 1.807) is 21.9 Å². The van der Waals surface area contributed by atoms with Crippen LogP contribution in [-0.4, -0.2) is 55.9 Å². The average molecular weight is 489 g/mol. The van der Waals surface area contributed by atoms with Gasteiger partial charge in [-0.05, 0) is 36.6 Å². The van der Waals surface area contributed by atoms with Crippen LogP contribution in [0.25, 0.3) is 11.4 Å². The van der Waals surface area contributed by atoms with Crippen molar-refractivity contribution in [1.29, 1.82) is 0 Å². The summed E-state index contributed by atoms with van der Waals surface area (Å²) < 4.78 is 55.7. The van der Waals surface area contributed by atoms with Gasteiger partial charge in [-0.2, -0.15) is 18.2 Å². The standard InChI is InChI=1S/C23H19F4N5O3/c24-15-5-3-13(4-6-15)8-19(33)31-7-1-2-16(11-31)32-12-18-17(21(32)34)9-14(10-28-18)20-29-22(35-30-20)23(25,26)27/h3-6,9-10,16H,1-2,7-8,11-12H2. The SMILES string of the molecule is O=C(Cc1ccc(F)cc1)N1CCCC(N2Cc3ncc(-c4noc(C(F)(F)F)n4)cc3C2=O)C1. The molecule has 0 saturated carbocycles. The van der Waals surface area contributed by atoms with Crippen molar-refractivity contribution in [3.8, 4) is 11.4 Å². The zero-order chi connectivity index (χ0) is 24.7. The van der Waals surface area contributed by atoms with Crippen molar-refractivity contribution >= 4 is 11.8 Å². The summed E-state index contributed by atoms with van der Waals surface area (Å²) in [5, 5.41) is 3.34. The number of hydrogen-bond donors (Lipinski definition) is 0. The highest BCUT2D eigenvalue weighted by Gasteiger charge is 2.40. The summed E-state index contributed by atoms with van der Waals surface area (Å²) in [5.74, 6) is -2.58. The molecule has 4 heterocycles. The molecule has 0 aliphatic carbocycles. The van der Waals surface area contributed by atoms with Crippen LogP contribution in [0.5, 0.6) is 0 Å². The van der Waals surface area contributed by atoms with E-state index in [9.17, 15) is 27.2 Å². The molecule has 0 N–H and O–H groups in total. The molecule has 2 aliphatic rings. The number of rotatable bonds is 4. The van der Waals surface area contributed by atoms with Gasteiger partial charge in [0.1, 0.15) is 5.82 Å². The second-order valence-electron chi connectivity index (χ2n) is 8.51. The fourth-order valence-electron chi connectivity index (χ4n) is 4.39. The first kappa shape index (κ1) is 22.9. The molecule has 35 heavy (non-hydrogen) atoms. The van der Waals surface area contributed by atoms with E-state index in [0.29, 0.717) is 37.2 Å². The van der Waals surface area contributed by atoms with Gasteiger partial charge in [-0.1, -0.05) is 17.3 Å². The lowest BCUT2D eigenvalue weighted by Crippen LogP contribution is -2.50. The number of fused-ring (bicyclic) bond motifs is 1. The molecule has 2 aliphatic heterocycles. The first-order valence-electron chi connectivity index (χ1n) is 10.9. The number of carbonyl (C=O) groups excluding carboxylic acids is 2. The third kappa shape index (κ3) is 4.60. The van der Waals surface area contributed by atoms with Crippen molar-refractivity contribution in [3.63, 3.8) is 0 Å². The van der Waals surface area contributed by atoms with Crippen LogP contribution in [0, 0.1) is 5.82 Å². The fraction of sp³-hybridized carbons (Fsp3) is 0.348. The molecule has 2 amide bonds. The smallest absolute Gasteiger partial charge is 0.340 e. The molecule has 2 aromatic heterocycles. The van der Waals surface area contributed by atoms with Crippen LogP contribution in [0.15, 0.2) is 41.1 Å². The summed E-state index contributed by atoms with van der Waals surface area (Å²) >= 11 is 0. The molecule has 0 radical (unpaired) electrons. The normalized spacial score (nSPS) is 18.2. The number of piperidine rings is 1. The Kier molecular flexibility index (Phi) is 5.73. The molecule has 0 bridgehead atoms. The molecule has 5 rings (SSSR count). The van der Waals surface area contributed by atoms with Gasteiger partial charge < -0.3 is 14.3 Å². The van der Waals surface area contributed by atoms with Crippen LogP contribution in [0.2, 0.25) is 0 Å². The summed E-state index contributed by atoms with van der Waals surface area (Å²) in [7, 11) is 0. The van der Waals surface area contributed by atoms with Crippen LogP contribution in [0.3, 0.4) is 0 Å². The number of nitrogens with zero attached hydrogens (tertiary/aromatic N) is 5. The number of likely N-dealkylation sites (tertiary alicyclic amines) is 1. The maximum absolute atomic E-state index is 13.1. The van der Waals surface area contributed by atoms with Crippen molar-refractivity contribution in [2.75, 3.05) is 13.1 Å². The Morgan fingerprint density at radius 1 is 1.20 bits per heavy atom. The Morgan fingerprint density at radius 2 is 1.97 bits per heavy atom. The van der Waals surface area contributed by atoms with E-state index in [2.05, 4.69) is 19.6 Å². The highest BCUT2D eigenvalue weighted by molar-refractivity contribution is 5.99. The van der Waals surface area contributed by atoms with Gasteiger partial charge in [0.05, 0.1) is 30.3 Å². The summed E-state index contributed by atoms with van der Waals surface area (Å²) in [6.07, 6.45) is -1.92. The first-order chi connectivity index (χ1) is 16.7. The molecule has 3 aromatic rings. The molecule has 1 saturated heterocycles. The zero-order valence-corrected chi connectivity index (χ0v) is 18.3. The predicted molar refractivity (Wildman–Crippen MR) is 112 cm³/mol. The molecule has 12 heteroatoms. The molecule has 1 atom stereocenters. The molecule has 1 fully saturated rings. The van der Waals surface area contributed by atoms with E-state index < -0.39 is 12.1 Å². The minimum Gasteiger partial charge on any atom is -0.340 e. The number of amides is 2. The van der Waals surface area contributed by atoms with Crippen molar-refractivity contribution in [3.05, 3.63) is 65.1 Å². The van der Waals surface area contributed by atoms with Gasteiger partial charge in [0.15, 0.2) is 0 Å². The van der Waals surface area contributed by atoms with Gasteiger partial charge in [-0.25, -0.2) is 4.39 Å². The van der Waals surface area contributed by atoms with E-state index in [1.807, 2.05) is 0 Å². The lowest BCUT2D eigenvalue weighted by molar-refractivity contribution is -0.159. The van der Waals surface area contributed by atoms with Gasteiger partial charge in [-0.15, -0.1) is 0 Å². The number of halogens is 4. The number of alkyl halides is 3. The van der Waals surface area contributed by atoms with E-state index in [0.717, 1.165) is 0 Å². The highest BCUT2D eigenvalue weighted by Crippen LogP contribution is 2.32. The Labute approximate surface area is 196 Å². The Bertz CT molecular complexity index is 1270. The summed E-state index contributed by atoms with van der Waals surface area (Å²) in [4.78, 5) is 36.9. The molecule has 1 unspecified atom stereocenters. The maximum Gasteiger partial charge on any atom is 0.471 e. The minimum atomic E-state index is -4.77. The second kappa shape index (κ2) is 8.75. The number of hydrogen-bond acceptors (Lipinski definition) is 6. The molecular formula is C23H19F4N5O3. The maximum atomic E-state index is 13.1. The summed E-state index contributed by atoms with van der Waals surface area (Å²) in [6.45, 7) is 1.15. The molecule has 0 spiro atoms. The van der Waals surface area contributed by atoms with Crippen molar-refractivity contribution in [2.24, 2.45) is 0 Å². The van der Waals surface area contributed by atoms with Crippen LogP contribution in [0.4, 0.5) is 17.6 Å². The number of pyridine rings is 1. The molecule has 182 valence electrons. The Hall–Kier alpha value is -3.83. The van der Waals surface area contributed by atoms with Crippen LogP contribution in [0.1, 0.15) is 40.3 Å². The van der Waals surface area contributed by atoms with Gasteiger partial charge >= 0.3 is 12.1 Å². The van der Waals surface area contributed by atoms with Crippen LogP contribution in [-0.2, 0) is 23.9 Å². The zero-order valence-electron chi connectivity index (χ0n) is 18.3. The van der Waals surface area contributed by atoms with Gasteiger partial charge in [0, 0.05) is 24.8 Å². The van der Waals surface area contributed by atoms with Gasteiger partial charge in [0.25, 0.3) is 5.91 Å². The Balaban J connectivity index is 1.28. The van der Waals surface area contributed by atoms with Crippen LogP contribution < -0.4 is 0 Å². The molecular weight excluding hydrogens is 470 g/mol. The molecule has 8 nitrogen and oxygen atoms in total. The largest absolute Gasteiger partial charge is 0.471 e. The molecule has 1 aromatic carbocycles. The van der Waals surface area contributed by atoms with Crippen molar-refractivity contribution < 1.29 is 31.7 Å². The quantitative estimate of drug-likeness (QED) is 0.521. The third-order valence-electron chi connectivity index (χ3n) is 6.17. The lowest BCUT2D eigenvalue weighted by atomic mass is 10.0. The average Bonchev–Trinajstić information content (AvgIpc) is 3.46. The summed E-state index contributed by atoms with van der Waals surface area (Å²) in [5.41, 5.74) is 1.59. The lowest BCUT2D eigenvalue weighted by Gasteiger charge is -2.37. The van der Waals surface area contributed by atoms with E-state index in [-0.39, 0.29) is 53.6 Å². The first-order valence-corrected chi connectivity index (χ1v) is 10.9. The van der Waals surface area contributed by atoms with Crippen LogP contribution >= 0.6 is 0 Å². The van der Waals surface area contributed by atoms with E-state index in [4.69, 9.17) is 0 Å². The summed E-state index contributed by atoms with van der Waals surface area (Å²) in [6, 6.07) is 6.94. The van der Waals surface area contributed by atoms with E-state index >= 15 is 0 Å². The van der Waals surface area contributed by atoms with Crippen molar-refractivity contribution in [1.82, 2.24) is 24.9 Å². The van der Waals surface area contributed by atoms with E-state index in [1.165, 1.54) is 24.4 Å². The number of benzene rings is 1. The number of aromatic nitrogens is 3. The minimum absolute atomic E-state index is 0.108. The van der Waals surface area contributed by atoms with Gasteiger partial charge in [0.2, 0.25) is 11.7 Å². The third-order valence-corrected chi connectivity index (χ3v) is 6.17. The predicted octanol–water partition coefficient (Wildman–Crippen LogP) is 3.48. The van der Waals surface area contributed by atoms with Crippen molar-refractivity contribution in [2.45, 2.75) is 38.0 Å². The topological polar surface area (TPSA) is 92.4 Å². The highest BCUT2D eigenvalue weighted by atomic mass is 19.4. The number of carbonyl (C=O) groups is 2. The Morgan fingerprint density at radius 3 is 2.69 bits per heavy atom.